The number of carbonyl (C=O) groups is 4. The molecule has 0 bridgehead atoms. The Kier molecular flexibility index (Phi) is 5.00. The Morgan fingerprint density at radius 1 is 0.967 bits per heavy atom. The molecule has 0 radical (unpaired) electrons. The van der Waals surface area contributed by atoms with Gasteiger partial charge < -0.3 is 5.11 Å². The molecule has 10 heteroatoms. The number of halogens is 3. The lowest BCUT2D eigenvalue weighted by atomic mass is 9.80. The van der Waals surface area contributed by atoms with Gasteiger partial charge in [0, 0.05) is 16.3 Å². The number of fused-ring (bicyclic) bond motifs is 2. The Hall–Kier alpha value is -2.61. The largest absolute Gasteiger partial charge is 0.480 e. The smallest absolute Gasteiger partial charge is 0.323 e. The standard InChI is InChI=1S/C20H13Cl3N2O5/c21-11-2-4-15-12(6-11)20(18(29)24(15)9-17(27)28)7-16(26)25(19(20)30)8-10-1-3-13(22)14(23)5-10/h1-6H,7-9H2,(H,27,28). The van der Waals surface area contributed by atoms with Crippen LogP contribution < -0.4 is 4.90 Å². The third kappa shape index (κ3) is 3.05. The van der Waals surface area contributed by atoms with Crippen LogP contribution in [-0.2, 0) is 31.1 Å². The molecule has 154 valence electrons. The van der Waals surface area contributed by atoms with Crippen LogP contribution >= 0.6 is 34.8 Å². The summed E-state index contributed by atoms with van der Waals surface area (Å²) in [7, 11) is 0. The van der Waals surface area contributed by atoms with E-state index in [0.29, 0.717) is 10.6 Å². The number of rotatable bonds is 4. The number of anilines is 1. The van der Waals surface area contributed by atoms with Gasteiger partial charge in [0.1, 0.15) is 6.54 Å². The maximum Gasteiger partial charge on any atom is 0.323 e. The van der Waals surface area contributed by atoms with Crippen molar-refractivity contribution < 1.29 is 24.3 Å². The third-order valence-corrected chi connectivity index (χ3v) is 6.24. The van der Waals surface area contributed by atoms with Crippen LogP contribution in [-0.4, -0.2) is 40.2 Å². The van der Waals surface area contributed by atoms with Gasteiger partial charge in [0.2, 0.25) is 17.7 Å². The molecular formula is C20H13Cl3N2O5. The molecule has 2 aromatic carbocycles. The molecule has 0 saturated carbocycles. The van der Waals surface area contributed by atoms with Crippen molar-refractivity contribution in [1.29, 1.82) is 0 Å². The van der Waals surface area contributed by atoms with Gasteiger partial charge in [-0.15, -0.1) is 0 Å². The van der Waals surface area contributed by atoms with Crippen molar-refractivity contribution in [3.63, 3.8) is 0 Å². The summed E-state index contributed by atoms with van der Waals surface area (Å²) in [4.78, 5) is 52.8. The van der Waals surface area contributed by atoms with Gasteiger partial charge in [-0.2, -0.15) is 0 Å². The number of hydrogen-bond acceptors (Lipinski definition) is 4. The van der Waals surface area contributed by atoms with Crippen molar-refractivity contribution in [2.45, 2.75) is 18.4 Å². The Balaban J connectivity index is 1.77. The molecule has 1 saturated heterocycles. The van der Waals surface area contributed by atoms with Crippen LogP contribution in [0.25, 0.3) is 0 Å². The third-order valence-electron chi connectivity index (χ3n) is 5.27. The predicted octanol–water partition coefficient (Wildman–Crippen LogP) is 3.27. The van der Waals surface area contributed by atoms with E-state index in [1.54, 1.807) is 12.1 Å². The second-order valence-electron chi connectivity index (χ2n) is 7.06. The van der Waals surface area contributed by atoms with Crippen LogP contribution in [0.4, 0.5) is 5.69 Å². The Morgan fingerprint density at radius 3 is 2.33 bits per heavy atom. The quantitative estimate of drug-likeness (QED) is 0.550. The van der Waals surface area contributed by atoms with Gasteiger partial charge >= 0.3 is 5.97 Å². The predicted molar refractivity (Wildman–Crippen MR) is 110 cm³/mol. The first-order chi connectivity index (χ1) is 14.1. The van der Waals surface area contributed by atoms with E-state index in [1.807, 2.05) is 0 Å². The van der Waals surface area contributed by atoms with E-state index < -0.39 is 42.1 Å². The van der Waals surface area contributed by atoms with Crippen molar-refractivity contribution in [1.82, 2.24) is 4.90 Å². The number of benzene rings is 2. The van der Waals surface area contributed by atoms with Gasteiger partial charge in [0.05, 0.1) is 23.0 Å². The fraction of sp³-hybridized carbons (Fsp3) is 0.200. The second-order valence-corrected chi connectivity index (χ2v) is 8.31. The number of likely N-dealkylation sites (tertiary alicyclic amines) is 1. The van der Waals surface area contributed by atoms with Crippen LogP contribution in [0.2, 0.25) is 15.1 Å². The minimum Gasteiger partial charge on any atom is -0.480 e. The van der Waals surface area contributed by atoms with Crippen LogP contribution in [0.3, 0.4) is 0 Å². The Labute approximate surface area is 185 Å². The van der Waals surface area contributed by atoms with Crippen molar-refractivity contribution in [3.8, 4) is 0 Å². The Bertz CT molecular complexity index is 1140. The van der Waals surface area contributed by atoms with E-state index >= 15 is 0 Å². The molecule has 1 atom stereocenters. The summed E-state index contributed by atoms with van der Waals surface area (Å²) < 4.78 is 0. The zero-order valence-electron chi connectivity index (χ0n) is 15.2. The van der Waals surface area contributed by atoms with Gasteiger partial charge in [0.15, 0.2) is 5.41 Å². The summed E-state index contributed by atoms with van der Waals surface area (Å²) in [6.45, 7) is -0.734. The summed E-state index contributed by atoms with van der Waals surface area (Å²) in [6, 6.07) is 9.11. The van der Waals surface area contributed by atoms with E-state index in [-0.39, 0.29) is 27.8 Å². The van der Waals surface area contributed by atoms with Crippen LogP contribution in [0.1, 0.15) is 17.5 Å². The van der Waals surface area contributed by atoms with Gasteiger partial charge in [-0.1, -0.05) is 40.9 Å². The average Bonchev–Trinajstić information content (AvgIpc) is 3.05. The first-order valence-electron chi connectivity index (χ1n) is 8.77. The highest BCUT2D eigenvalue weighted by Gasteiger charge is 2.63. The van der Waals surface area contributed by atoms with Crippen LogP contribution in [0.15, 0.2) is 36.4 Å². The molecule has 2 aromatic rings. The fourth-order valence-electron chi connectivity index (χ4n) is 3.93. The summed E-state index contributed by atoms with van der Waals surface area (Å²) in [6.07, 6.45) is -0.407. The lowest BCUT2D eigenvalue weighted by Crippen LogP contribution is -2.47. The van der Waals surface area contributed by atoms with Crippen LogP contribution in [0, 0.1) is 0 Å². The molecule has 1 fully saturated rings. The number of carbonyl (C=O) groups excluding carboxylic acids is 3. The van der Waals surface area contributed by atoms with Crippen molar-refractivity contribution >= 4 is 64.2 Å². The van der Waals surface area contributed by atoms with E-state index in [0.717, 1.165) is 9.80 Å². The minimum atomic E-state index is -1.83. The number of imide groups is 1. The minimum absolute atomic E-state index is 0.0988. The van der Waals surface area contributed by atoms with Gasteiger partial charge in [-0.3, -0.25) is 29.0 Å². The fourth-order valence-corrected chi connectivity index (χ4v) is 4.43. The molecule has 1 unspecified atom stereocenters. The first kappa shape index (κ1) is 20.7. The second kappa shape index (κ2) is 7.27. The highest BCUT2D eigenvalue weighted by atomic mass is 35.5. The van der Waals surface area contributed by atoms with Gasteiger partial charge in [-0.05, 0) is 35.9 Å². The van der Waals surface area contributed by atoms with Gasteiger partial charge in [-0.25, -0.2) is 0 Å². The molecule has 4 rings (SSSR count). The normalized spacial score (nSPS) is 20.4. The molecule has 0 aliphatic carbocycles. The lowest BCUT2D eigenvalue weighted by molar-refractivity contribution is -0.143. The SMILES string of the molecule is O=C(O)CN1C(=O)C2(CC(=O)N(Cc3ccc(Cl)c(Cl)c3)C2=O)c2cc(Cl)ccc21. The molecule has 2 heterocycles. The number of hydrogen-bond donors (Lipinski definition) is 1. The van der Waals surface area contributed by atoms with Crippen molar-refractivity contribution in [2.75, 3.05) is 11.4 Å². The number of carboxylic acid groups (broad SMARTS) is 1. The van der Waals surface area contributed by atoms with Crippen LogP contribution in [0.5, 0.6) is 0 Å². The molecule has 0 aromatic heterocycles. The Morgan fingerprint density at radius 2 is 1.67 bits per heavy atom. The zero-order valence-corrected chi connectivity index (χ0v) is 17.5. The molecule has 7 nitrogen and oxygen atoms in total. The number of amides is 3. The molecule has 3 amide bonds. The molecule has 1 spiro atoms. The summed E-state index contributed by atoms with van der Waals surface area (Å²) in [5.41, 5.74) is -0.786. The molecule has 2 aliphatic rings. The van der Waals surface area contributed by atoms with Crippen molar-refractivity contribution in [3.05, 3.63) is 62.6 Å². The number of aliphatic carboxylic acids is 1. The average molecular weight is 468 g/mol. The molecule has 30 heavy (non-hydrogen) atoms. The molecule has 2 aliphatic heterocycles. The summed E-state index contributed by atoms with van der Waals surface area (Å²) in [5, 5.41) is 10.1. The summed E-state index contributed by atoms with van der Waals surface area (Å²) in [5.74, 6) is -3.27. The lowest BCUT2D eigenvalue weighted by Gasteiger charge is -2.22. The first-order valence-corrected chi connectivity index (χ1v) is 9.91. The molecule has 1 N–H and O–H groups in total. The van der Waals surface area contributed by atoms with Crippen molar-refractivity contribution in [2.24, 2.45) is 0 Å². The van der Waals surface area contributed by atoms with Gasteiger partial charge in [0.25, 0.3) is 0 Å². The highest BCUT2D eigenvalue weighted by Crippen LogP contribution is 2.49. The van der Waals surface area contributed by atoms with E-state index in [1.165, 1.54) is 24.3 Å². The van der Waals surface area contributed by atoms with E-state index in [9.17, 15) is 24.3 Å². The highest BCUT2D eigenvalue weighted by molar-refractivity contribution is 6.42. The number of nitrogens with zero attached hydrogens (tertiary/aromatic N) is 2. The van der Waals surface area contributed by atoms with E-state index in [2.05, 4.69) is 0 Å². The maximum atomic E-state index is 13.4. The zero-order chi connectivity index (χ0) is 21.8. The van der Waals surface area contributed by atoms with E-state index in [4.69, 9.17) is 34.8 Å². The monoisotopic (exact) mass is 466 g/mol. The topological polar surface area (TPSA) is 95.0 Å². The maximum absolute atomic E-state index is 13.4. The molecular weight excluding hydrogens is 455 g/mol. The summed E-state index contributed by atoms with van der Waals surface area (Å²) >= 11 is 18.0. The number of carboxylic acids is 1.